The Morgan fingerprint density at radius 2 is 1.54 bits per heavy atom. The second-order valence-corrected chi connectivity index (χ2v) is 2.69. The SMILES string of the molecule is CC(C)=O.OB(O)c1ccccc1. The van der Waals surface area contributed by atoms with E-state index in [0.717, 1.165) is 0 Å². The maximum absolute atomic E-state index is 9.44. The van der Waals surface area contributed by atoms with Gasteiger partial charge in [-0.2, -0.15) is 0 Å². The fraction of sp³-hybridized carbons (Fsp3) is 0.222. The van der Waals surface area contributed by atoms with Crippen LogP contribution >= 0.6 is 0 Å². The van der Waals surface area contributed by atoms with Gasteiger partial charge in [0.2, 0.25) is 0 Å². The molecule has 0 amide bonds. The number of carbonyl (C=O) groups excluding carboxylic acids is 1. The van der Waals surface area contributed by atoms with Crippen LogP contribution in [0.15, 0.2) is 30.3 Å². The van der Waals surface area contributed by atoms with Crippen molar-refractivity contribution in [1.29, 1.82) is 0 Å². The average molecular weight is 180 g/mol. The summed E-state index contributed by atoms with van der Waals surface area (Å²) in [5, 5.41) is 17.2. The van der Waals surface area contributed by atoms with Gasteiger partial charge in [-0.05, 0) is 19.3 Å². The summed E-state index contributed by atoms with van der Waals surface area (Å²) < 4.78 is 0. The number of ketones is 1. The van der Waals surface area contributed by atoms with Crippen LogP contribution in [0.5, 0.6) is 0 Å². The largest absolute Gasteiger partial charge is 0.488 e. The number of rotatable bonds is 1. The van der Waals surface area contributed by atoms with Gasteiger partial charge < -0.3 is 14.8 Å². The molecule has 0 aliphatic heterocycles. The second-order valence-electron chi connectivity index (χ2n) is 2.69. The van der Waals surface area contributed by atoms with Crippen LogP contribution in [0.4, 0.5) is 0 Å². The molecule has 4 heteroatoms. The molecule has 0 aromatic heterocycles. The Kier molecular flexibility index (Phi) is 5.84. The van der Waals surface area contributed by atoms with E-state index in [1.54, 1.807) is 24.3 Å². The van der Waals surface area contributed by atoms with Crippen LogP contribution in [0.3, 0.4) is 0 Å². The van der Waals surface area contributed by atoms with Gasteiger partial charge in [0, 0.05) is 0 Å². The van der Waals surface area contributed by atoms with Gasteiger partial charge in [-0.25, -0.2) is 0 Å². The third-order valence-corrected chi connectivity index (χ3v) is 1.10. The molecule has 1 aromatic rings. The fourth-order valence-electron chi connectivity index (χ4n) is 0.625. The van der Waals surface area contributed by atoms with Crippen LogP contribution in [0, 0.1) is 0 Å². The van der Waals surface area contributed by atoms with E-state index in [2.05, 4.69) is 0 Å². The molecule has 0 saturated heterocycles. The Morgan fingerprint density at radius 1 is 1.15 bits per heavy atom. The van der Waals surface area contributed by atoms with E-state index in [0.29, 0.717) is 5.46 Å². The Balaban J connectivity index is 0.000000310. The Hall–Kier alpha value is -1.13. The van der Waals surface area contributed by atoms with Crippen molar-refractivity contribution in [3.05, 3.63) is 30.3 Å². The number of hydrogen-bond acceptors (Lipinski definition) is 3. The van der Waals surface area contributed by atoms with Gasteiger partial charge in [0.25, 0.3) is 0 Å². The first-order valence-electron chi connectivity index (χ1n) is 3.92. The van der Waals surface area contributed by atoms with Crippen molar-refractivity contribution >= 4 is 18.4 Å². The molecule has 0 bridgehead atoms. The molecular weight excluding hydrogens is 167 g/mol. The van der Waals surface area contributed by atoms with Crippen molar-refractivity contribution in [2.24, 2.45) is 0 Å². The highest BCUT2D eigenvalue weighted by Crippen LogP contribution is 1.82. The first-order chi connectivity index (χ1) is 6.04. The number of benzene rings is 1. The van der Waals surface area contributed by atoms with E-state index in [9.17, 15) is 4.79 Å². The van der Waals surface area contributed by atoms with Crippen LogP contribution in [0.2, 0.25) is 0 Å². The molecule has 0 spiro atoms. The van der Waals surface area contributed by atoms with Gasteiger partial charge in [0.1, 0.15) is 5.78 Å². The van der Waals surface area contributed by atoms with Crippen molar-refractivity contribution < 1.29 is 14.8 Å². The molecule has 0 fully saturated rings. The van der Waals surface area contributed by atoms with E-state index in [1.807, 2.05) is 6.07 Å². The lowest BCUT2D eigenvalue weighted by atomic mass is 9.81. The third-order valence-electron chi connectivity index (χ3n) is 1.10. The quantitative estimate of drug-likeness (QED) is 0.596. The summed E-state index contributed by atoms with van der Waals surface area (Å²) in [6, 6.07) is 8.66. The standard InChI is InChI=1S/C6H7BO2.C3H6O/c8-7(9)6-4-2-1-3-5-6;1-3(2)4/h1-5,8-9H;1-2H3. The summed E-state index contributed by atoms with van der Waals surface area (Å²) in [7, 11) is -1.34. The zero-order valence-corrected chi connectivity index (χ0v) is 7.77. The minimum atomic E-state index is -1.34. The summed E-state index contributed by atoms with van der Waals surface area (Å²) in [5.41, 5.74) is 0.525. The van der Waals surface area contributed by atoms with E-state index >= 15 is 0 Å². The Morgan fingerprint density at radius 3 is 1.77 bits per heavy atom. The first-order valence-corrected chi connectivity index (χ1v) is 3.92. The maximum Gasteiger partial charge on any atom is 0.488 e. The van der Waals surface area contributed by atoms with Crippen LogP contribution in [-0.4, -0.2) is 22.9 Å². The van der Waals surface area contributed by atoms with Gasteiger partial charge in [-0.1, -0.05) is 30.3 Å². The molecule has 0 atom stereocenters. The van der Waals surface area contributed by atoms with Crippen molar-refractivity contribution in [1.82, 2.24) is 0 Å². The average Bonchev–Trinajstić information content (AvgIpc) is 2.05. The van der Waals surface area contributed by atoms with Gasteiger partial charge in [0.05, 0.1) is 0 Å². The normalized spacial score (nSPS) is 8.31. The molecule has 0 aliphatic rings. The van der Waals surface area contributed by atoms with Crippen LogP contribution in [-0.2, 0) is 4.79 Å². The van der Waals surface area contributed by atoms with E-state index in [-0.39, 0.29) is 5.78 Å². The molecule has 0 radical (unpaired) electrons. The summed E-state index contributed by atoms with van der Waals surface area (Å²) in [6.07, 6.45) is 0. The molecule has 13 heavy (non-hydrogen) atoms. The summed E-state index contributed by atoms with van der Waals surface area (Å²) in [6.45, 7) is 3.06. The molecule has 0 unspecified atom stereocenters. The topological polar surface area (TPSA) is 57.5 Å². The fourth-order valence-corrected chi connectivity index (χ4v) is 0.625. The lowest BCUT2D eigenvalue weighted by Gasteiger charge is -1.94. The second kappa shape index (κ2) is 6.40. The van der Waals surface area contributed by atoms with Crippen LogP contribution in [0.25, 0.3) is 0 Å². The monoisotopic (exact) mass is 180 g/mol. The number of carbonyl (C=O) groups is 1. The molecule has 2 N–H and O–H groups in total. The van der Waals surface area contributed by atoms with Crippen LogP contribution < -0.4 is 5.46 Å². The molecule has 70 valence electrons. The third kappa shape index (κ3) is 7.24. The van der Waals surface area contributed by atoms with Crippen molar-refractivity contribution in [3.8, 4) is 0 Å². The molecule has 1 rings (SSSR count). The summed E-state index contributed by atoms with van der Waals surface area (Å²) >= 11 is 0. The van der Waals surface area contributed by atoms with E-state index in [4.69, 9.17) is 10.0 Å². The van der Waals surface area contributed by atoms with E-state index in [1.165, 1.54) is 13.8 Å². The van der Waals surface area contributed by atoms with Crippen LogP contribution in [0.1, 0.15) is 13.8 Å². The number of hydrogen-bond donors (Lipinski definition) is 2. The zero-order valence-electron chi connectivity index (χ0n) is 7.77. The molecule has 1 aromatic carbocycles. The summed E-state index contributed by atoms with van der Waals surface area (Å²) in [4.78, 5) is 9.44. The maximum atomic E-state index is 9.44. The van der Waals surface area contributed by atoms with Crippen molar-refractivity contribution in [2.75, 3.05) is 0 Å². The highest BCUT2D eigenvalue weighted by atomic mass is 16.4. The van der Waals surface area contributed by atoms with E-state index < -0.39 is 7.12 Å². The van der Waals surface area contributed by atoms with Gasteiger partial charge in [-0.3, -0.25) is 0 Å². The zero-order chi connectivity index (χ0) is 10.3. The predicted molar refractivity (Wildman–Crippen MR) is 52.6 cm³/mol. The highest BCUT2D eigenvalue weighted by Gasteiger charge is 2.07. The molecule has 0 aliphatic carbocycles. The minimum absolute atomic E-state index is 0.167. The Bertz CT molecular complexity index is 242. The molecular formula is C9H13BO3. The molecule has 0 saturated carbocycles. The smallest absolute Gasteiger partial charge is 0.423 e. The lowest BCUT2D eigenvalue weighted by Crippen LogP contribution is -2.29. The minimum Gasteiger partial charge on any atom is -0.423 e. The summed E-state index contributed by atoms with van der Waals surface area (Å²) in [5.74, 6) is 0.167. The van der Waals surface area contributed by atoms with Gasteiger partial charge in [0.15, 0.2) is 0 Å². The van der Waals surface area contributed by atoms with Crippen molar-refractivity contribution in [2.45, 2.75) is 13.8 Å². The predicted octanol–water partition coefficient (Wildman–Crippen LogP) is -0.0383. The van der Waals surface area contributed by atoms with Gasteiger partial charge in [-0.15, -0.1) is 0 Å². The first kappa shape index (κ1) is 11.9. The highest BCUT2D eigenvalue weighted by molar-refractivity contribution is 6.58. The lowest BCUT2D eigenvalue weighted by molar-refractivity contribution is -0.114. The molecule has 3 nitrogen and oxygen atoms in total. The Labute approximate surface area is 78.2 Å². The van der Waals surface area contributed by atoms with Gasteiger partial charge >= 0.3 is 7.12 Å². The number of Topliss-reactive ketones (excluding diaryl/α,β-unsaturated/α-hetero) is 1. The molecule has 0 heterocycles. The van der Waals surface area contributed by atoms with Crippen molar-refractivity contribution in [3.63, 3.8) is 0 Å².